The zero-order valence-corrected chi connectivity index (χ0v) is 79.3. The highest BCUT2D eigenvalue weighted by atomic mass is 32.1. The molecule has 0 aliphatic carbocycles. The molecule has 34 aromatic rings. The monoisotopic (exact) mass is 1890 g/mol. The molecular formula is C132H76N12O2S. The molecule has 0 atom stereocenters. The molecule has 34 rings (SSSR count). The summed E-state index contributed by atoms with van der Waals surface area (Å²) in [6, 6.07) is 164. The van der Waals surface area contributed by atoms with Gasteiger partial charge in [-0.1, -0.05) is 297 Å². The van der Waals surface area contributed by atoms with Gasteiger partial charge < -0.3 is 8.83 Å². The number of thiophene rings is 1. The SMILES string of the molecule is c1ccc(-c2ccc3oc4ccc(-c5ccc6c(c5)c5c7ccccc7ccc5n6-c5nc6ccccc6c6nc7ccccc7n56)cc4c3c2)cc1.c1ccc2c(c1)ccc1c2c2cc(-c3cccc4c3oc3ccccc34)ccc2n1-c1nc2ccccc2c2nc3ccccc3n12.c1ccc2c(c1)ccc1c2c2cc(-c3cccc4c3sc3ccccc34)ccc2n1-c1nc2ccccc2c2nc3ccccc3n12. The topological polar surface area (TPSA) is 132 Å². The van der Waals surface area contributed by atoms with Gasteiger partial charge in [0.1, 0.15) is 39.3 Å². The van der Waals surface area contributed by atoms with Crippen molar-refractivity contribution in [3.63, 3.8) is 0 Å². The van der Waals surface area contributed by atoms with Gasteiger partial charge >= 0.3 is 0 Å². The van der Waals surface area contributed by atoms with Gasteiger partial charge in [0.2, 0.25) is 17.8 Å². The lowest BCUT2D eigenvalue weighted by molar-refractivity contribution is 0.669. The van der Waals surface area contributed by atoms with Crippen LogP contribution in [-0.4, -0.2) is 56.8 Å². The first-order valence-corrected chi connectivity index (χ1v) is 50.4. The molecule has 12 heterocycles. The van der Waals surface area contributed by atoms with Crippen LogP contribution in [0.4, 0.5) is 0 Å². The van der Waals surface area contributed by atoms with Crippen LogP contribution in [0.25, 0.3) is 307 Å². The van der Waals surface area contributed by atoms with E-state index in [2.05, 4.69) is 452 Å². The molecule has 0 N–H and O–H groups in total. The maximum absolute atomic E-state index is 6.48. The third-order valence-electron chi connectivity index (χ3n) is 30.3. The molecule has 0 aliphatic rings. The van der Waals surface area contributed by atoms with Gasteiger partial charge in [-0.2, -0.15) is 0 Å². The normalized spacial score (nSPS) is 12.2. The van der Waals surface area contributed by atoms with E-state index < -0.39 is 0 Å². The number of hydrogen-bond acceptors (Lipinski definition) is 9. The molecule has 147 heavy (non-hydrogen) atoms. The van der Waals surface area contributed by atoms with Crippen molar-refractivity contribution in [3.8, 4) is 62.4 Å². The fourth-order valence-electron chi connectivity index (χ4n) is 23.7. The van der Waals surface area contributed by atoms with Crippen LogP contribution < -0.4 is 0 Å². The van der Waals surface area contributed by atoms with Gasteiger partial charge in [-0.05, 0) is 235 Å². The zero-order chi connectivity index (χ0) is 95.9. The molecule has 0 bridgehead atoms. The molecule has 0 radical (unpaired) electrons. The molecule has 0 aliphatic heterocycles. The molecule has 12 aromatic heterocycles. The second-order valence-corrected chi connectivity index (χ2v) is 39.3. The van der Waals surface area contributed by atoms with Crippen molar-refractivity contribution >= 4 is 256 Å². The van der Waals surface area contributed by atoms with Crippen molar-refractivity contribution in [1.29, 1.82) is 0 Å². The van der Waals surface area contributed by atoms with E-state index in [9.17, 15) is 0 Å². The van der Waals surface area contributed by atoms with Crippen LogP contribution >= 0.6 is 11.3 Å². The Morgan fingerprint density at radius 3 is 0.993 bits per heavy atom. The van der Waals surface area contributed by atoms with Crippen LogP contribution in [-0.2, 0) is 0 Å². The molecule has 0 amide bonds. The molecule has 0 unspecified atom stereocenters. The average molecular weight is 1890 g/mol. The minimum atomic E-state index is 0.815. The summed E-state index contributed by atoms with van der Waals surface area (Å²) >= 11 is 1.88. The number of furan rings is 2. The van der Waals surface area contributed by atoms with Crippen molar-refractivity contribution in [2.45, 2.75) is 0 Å². The summed E-state index contributed by atoms with van der Waals surface area (Å²) in [6.45, 7) is 0. The highest BCUT2D eigenvalue weighted by Crippen LogP contribution is 2.49. The third-order valence-corrected chi connectivity index (χ3v) is 31.5. The average Bonchev–Trinajstić information content (AvgIpc) is 1.55. The fourth-order valence-corrected chi connectivity index (χ4v) is 24.9. The van der Waals surface area contributed by atoms with E-state index in [0.29, 0.717) is 0 Å². The fraction of sp³-hybridized carbons (Fsp3) is 0. The first-order valence-electron chi connectivity index (χ1n) is 49.6. The lowest BCUT2D eigenvalue weighted by atomic mass is 9.98. The Bertz CT molecular complexity index is 11300. The van der Waals surface area contributed by atoms with Gasteiger partial charge in [0.05, 0.1) is 82.8 Å². The van der Waals surface area contributed by atoms with Crippen molar-refractivity contribution in [1.82, 2.24) is 56.8 Å². The number of fused-ring (bicyclic) bond motifs is 39. The van der Waals surface area contributed by atoms with Gasteiger partial charge in [-0.25, -0.2) is 29.9 Å². The number of para-hydroxylation sites is 11. The highest BCUT2D eigenvalue weighted by Gasteiger charge is 2.29. The molecule has 682 valence electrons. The summed E-state index contributed by atoms with van der Waals surface area (Å²) in [5, 5.41) is 24.7. The smallest absolute Gasteiger partial charge is 0.221 e. The predicted molar refractivity (Wildman–Crippen MR) is 609 cm³/mol. The van der Waals surface area contributed by atoms with Crippen LogP contribution in [0.3, 0.4) is 0 Å². The number of hydrogen-bond donors (Lipinski definition) is 0. The minimum Gasteiger partial charge on any atom is -0.456 e. The Morgan fingerprint density at radius 2 is 0.517 bits per heavy atom. The van der Waals surface area contributed by atoms with Crippen LogP contribution in [0.1, 0.15) is 0 Å². The Kier molecular flexibility index (Phi) is 17.3. The second-order valence-electron chi connectivity index (χ2n) is 38.3. The Balaban J connectivity index is 0.0000000982. The zero-order valence-electron chi connectivity index (χ0n) is 78.5. The summed E-state index contributed by atoms with van der Waals surface area (Å²) < 4.78 is 29.1. The second kappa shape index (κ2) is 31.4. The van der Waals surface area contributed by atoms with Crippen molar-refractivity contribution in [2.24, 2.45) is 0 Å². The van der Waals surface area contributed by atoms with Crippen LogP contribution in [0.2, 0.25) is 0 Å². The van der Waals surface area contributed by atoms with Crippen molar-refractivity contribution in [3.05, 3.63) is 461 Å². The molecule has 0 saturated carbocycles. The minimum absolute atomic E-state index is 0.815. The van der Waals surface area contributed by atoms with Crippen molar-refractivity contribution in [2.75, 3.05) is 0 Å². The summed E-state index contributed by atoms with van der Waals surface area (Å²) in [5.41, 5.74) is 30.9. The Labute approximate surface area is 838 Å². The Hall–Kier alpha value is -19.7. The van der Waals surface area contributed by atoms with Crippen molar-refractivity contribution < 1.29 is 8.83 Å². The van der Waals surface area contributed by atoms with E-state index in [0.717, 1.165) is 205 Å². The van der Waals surface area contributed by atoms with Crippen LogP contribution in [0.15, 0.2) is 470 Å². The first-order chi connectivity index (χ1) is 72.9. The largest absolute Gasteiger partial charge is 0.456 e. The molecule has 0 fully saturated rings. The van der Waals surface area contributed by atoms with E-state index in [-0.39, 0.29) is 0 Å². The predicted octanol–water partition coefficient (Wildman–Crippen LogP) is 34.7. The molecule has 0 spiro atoms. The standard InChI is InChI=1S/C48H28N4O.C42H24N4O.C42H24N4S/c1-2-10-29(11-3-1)31-20-24-44-36(26-31)37-27-33(21-25-45(37)53-44)32-19-22-41-38(28-32)46-34-13-5-4-12-30(34)18-23-43(46)51(41)48-50-39-15-7-6-14-35(39)47-49-40-16-8-9-17-42(40)52(47)48;2*1-2-11-27-25(10-1)20-23-37-39(27)32-24-26(28-14-9-15-30-29-12-4-8-19-38(29)47-40(28)30)21-22-35(32)45(37)42-44-33-16-5-3-13-31(33)41-43-34-17-6-7-18-36(34)46(41)42/h1-28H;2*1-24H. The number of aromatic nitrogens is 12. The van der Waals surface area contributed by atoms with Gasteiger partial charge in [0.15, 0.2) is 0 Å². The van der Waals surface area contributed by atoms with E-state index in [1.54, 1.807) is 0 Å². The lowest BCUT2D eigenvalue weighted by Gasteiger charge is -2.13. The number of nitrogens with zero attached hydrogens (tertiary/aromatic N) is 12. The van der Waals surface area contributed by atoms with Crippen LogP contribution in [0.5, 0.6) is 0 Å². The van der Waals surface area contributed by atoms with E-state index >= 15 is 0 Å². The van der Waals surface area contributed by atoms with E-state index in [1.165, 1.54) is 102 Å². The van der Waals surface area contributed by atoms with E-state index in [1.807, 2.05) is 47.7 Å². The van der Waals surface area contributed by atoms with Gasteiger partial charge in [0, 0.05) is 95.8 Å². The maximum Gasteiger partial charge on any atom is 0.221 e. The van der Waals surface area contributed by atoms with Crippen LogP contribution in [0, 0.1) is 0 Å². The number of rotatable bonds is 7. The third kappa shape index (κ3) is 12.1. The molecule has 22 aromatic carbocycles. The van der Waals surface area contributed by atoms with Gasteiger partial charge in [0.25, 0.3) is 0 Å². The highest BCUT2D eigenvalue weighted by molar-refractivity contribution is 7.26. The number of benzene rings is 22. The van der Waals surface area contributed by atoms with Gasteiger partial charge in [-0.3, -0.25) is 26.9 Å². The van der Waals surface area contributed by atoms with E-state index in [4.69, 9.17) is 38.7 Å². The molecular weight excluding hydrogens is 1820 g/mol. The Morgan fingerprint density at radius 1 is 0.184 bits per heavy atom. The first kappa shape index (κ1) is 81.0. The quantitative estimate of drug-likeness (QED) is 0.154. The maximum atomic E-state index is 6.48. The van der Waals surface area contributed by atoms with Gasteiger partial charge in [-0.15, -0.1) is 11.3 Å². The summed E-state index contributed by atoms with van der Waals surface area (Å²) in [7, 11) is 0. The summed E-state index contributed by atoms with van der Waals surface area (Å²) in [4.78, 5) is 31.5. The lowest BCUT2D eigenvalue weighted by Crippen LogP contribution is -2.06. The summed E-state index contributed by atoms with van der Waals surface area (Å²) in [6.07, 6.45) is 0. The number of imidazole rings is 3. The molecule has 14 nitrogen and oxygen atoms in total. The summed E-state index contributed by atoms with van der Waals surface area (Å²) in [5.74, 6) is 2.47. The molecule has 15 heteroatoms. The molecule has 0 saturated heterocycles.